The highest BCUT2D eigenvalue weighted by molar-refractivity contribution is 5.79. The second kappa shape index (κ2) is 7.17. The average Bonchev–Trinajstić information content (AvgIpc) is 2.38. The van der Waals surface area contributed by atoms with Crippen LogP contribution in [-0.4, -0.2) is 30.4 Å². The van der Waals surface area contributed by atoms with Gasteiger partial charge < -0.3 is 10.6 Å². The fraction of sp³-hybridized carbons (Fsp3) is 0.533. The van der Waals surface area contributed by atoms with E-state index in [4.69, 9.17) is 5.73 Å². The molecule has 0 aliphatic rings. The number of nitrogens with zero attached hydrogens (tertiary/aromatic N) is 1. The van der Waals surface area contributed by atoms with Crippen molar-refractivity contribution in [2.75, 3.05) is 19.6 Å². The predicted molar refractivity (Wildman–Crippen MR) is 75.4 cm³/mol. The first-order valence-electron chi connectivity index (χ1n) is 6.60. The first kappa shape index (κ1) is 14.7. The molecule has 1 aromatic rings. The van der Waals surface area contributed by atoms with Gasteiger partial charge in [-0.3, -0.25) is 4.79 Å². The number of aryl methyl sites for hydroxylation is 1. The third-order valence-corrected chi connectivity index (χ3v) is 3.27. The zero-order chi connectivity index (χ0) is 13.5. The van der Waals surface area contributed by atoms with Crippen LogP contribution in [-0.2, 0) is 11.2 Å². The van der Waals surface area contributed by atoms with Gasteiger partial charge in [0.15, 0.2) is 0 Å². The third-order valence-electron chi connectivity index (χ3n) is 3.27. The van der Waals surface area contributed by atoms with Crippen LogP contribution in [0.15, 0.2) is 24.3 Å². The summed E-state index contributed by atoms with van der Waals surface area (Å²) in [5.41, 5.74) is 7.90. The van der Waals surface area contributed by atoms with Gasteiger partial charge in [0.25, 0.3) is 0 Å². The average molecular weight is 248 g/mol. The van der Waals surface area contributed by atoms with E-state index in [9.17, 15) is 4.79 Å². The molecule has 0 saturated carbocycles. The molecule has 0 aliphatic heterocycles. The van der Waals surface area contributed by atoms with Gasteiger partial charge in [0.1, 0.15) is 0 Å². The highest BCUT2D eigenvalue weighted by Crippen LogP contribution is 2.10. The number of benzene rings is 1. The second-order valence-corrected chi connectivity index (χ2v) is 4.88. The van der Waals surface area contributed by atoms with Crippen molar-refractivity contribution < 1.29 is 4.79 Å². The van der Waals surface area contributed by atoms with Gasteiger partial charge in [-0.25, -0.2) is 0 Å². The maximum Gasteiger partial charge on any atom is 0.226 e. The molecule has 1 amide bonds. The quantitative estimate of drug-likeness (QED) is 0.836. The fourth-order valence-electron chi connectivity index (χ4n) is 1.94. The maximum absolute atomic E-state index is 12.2. The van der Waals surface area contributed by atoms with Crippen LogP contribution in [0.25, 0.3) is 0 Å². The van der Waals surface area contributed by atoms with Gasteiger partial charge in [0.05, 0.1) is 6.42 Å². The number of hydrogen-bond donors (Lipinski definition) is 1. The summed E-state index contributed by atoms with van der Waals surface area (Å²) in [5, 5.41) is 0. The molecule has 0 aliphatic carbocycles. The Bertz CT molecular complexity index is 390. The molecule has 0 radical (unpaired) electrons. The topological polar surface area (TPSA) is 46.3 Å². The zero-order valence-corrected chi connectivity index (χ0v) is 11.6. The van der Waals surface area contributed by atoms with Crippen molar-refractivity contribution in [1.29, 1.82) is 0 Å². The standard InChI is InChI=1S/C15H24N2O/c1-4-17(11-12(2)10-16)15(18)9-14-8-6-5-7-13(14)3/h5-8,12H,4,9-11,16H2,1-3H3. The lowest BCUT2D eigenvalue weighted by Gasteiger charge is -2.24. The molecule has 3 nitrogen and oxygen atoms in total. The summed E-state index contributed by atoms with van der Waals surface area (Å²) >= 11 is 0. The van der Waals surface area contributed by atoms with E-state index < -0.39 is 0 Å². The summed E-state index contributed by atoms with van der Waals surface area (Å²) in [6, 6.07) is 8.04. The van der Waals surface area contributed by atoms with Crippen LogP contribution in [0.4, 0.5) is 0 Å². The Morgan fingerprint density at radius 3 is 2.61 bits per heavy atom. The molecule has 1 aromatic carbocycles. The van der Waals surface area contributed by atoms with E-state index in [-0.39, 0.29) is 5.91 Å². The molecule has 1 unspecified atom stereocenters. The molecule has 3 heteroatoms. The lowest BCUT2D eigenvalue weighted by molar-refractivity contribution is -0.130. The lowest BCUT2D eigenvalue weighted by Crippen LogP contribution is -2.37. The van der Waals surface area contributed by atoms with Crippen LogP contribution in [0.1, 0.15) is 25.0 Å². The van der Waals surface area contributed by atoms with Gasteiger partial charge >= 0.3 is 0 Å². The van der Waals surface area contributed by atoms with Gasteiger partial charge in [-0.1, -0.05) is 31.2 Å². The molecule has 0 saturated heterocycles. The maximum atomic E-state index is 12.2. The molecule has 1 rings (SSSR count). The number of hydrogen-bond acceptors (Lipinski definition) is 2. The van der Waals surface area contributed by atoms with E-state index in [1.54, 1.807) is 0 Å². The third kappa shape index (κ3) is 4.15. The highest BCUT2D eigenvalue weighted by Gasteiger charge is 2.15. The van der Waals surface area contributed by atoms with E-state index >= 15 is 0 Å². The minimum atomic E-state index is 0.187. The van der Waals surface area contributed by atoms with E-state index in [0.717, 1.165) is 18.7 Å². The Morgan fingerprint density at radius 2 is 2.06 bits per heavy atom. The van der Waals surface area contributed by atoms with Crippen molar-refractivity contribution in [3.8, 4) is 0 Å². The lowest BCUT2D eigenvalue weighted by atomic mass is 10.0. The molecule has 0 fully saturated rings. The minimum absolute atomic E-state index is 0.187. The molecular formula is C15H24N2O. The zero-order valence-electron chi connectivity index (χ0n) is 11.6. The first-order valence-corrected chi connectivity index (χ1v) is 6.60. The van der Waals surface area contributed by atoms with E-state index in [1.165, 1.54) is 5.56 Å². The van der Waals surface area contributed by atoms with E-state index in [0.29, 0.717) is 18.9 Å². The summed E-state index contributed by atoms with van der Waals surface area (Å²) in [4.78, 5) is 14.1. The van der Waals surface area contributed by atoms with E-state index in [1.807, 2.05) is 43.0 Å². The van der Waals surface area contributed by atoms with Gasteiger partial charge in [0, 0.05) is 13.1 Å². The second-order valence-electron chi connectivity index (χ2n) is 4.88. The summed E-state index contributed by atoms with van der Waals surface area (Å²) in [6.07, 6.45) is 0.484. The van der Waals surface area contributed by atoms with Crippen molar-refractivity contribution in [3.05, 3.63) is 35.4 Å². The molecule has 0 aromatic heterocycles. The van der Waals surface area contributed by atoms with Crippen LogP contribution < -0.4 is 5.73 Å². The molecule has 100 valence electrons. The summed E-state index contributed by atoms with van der Waals surface area (Å²) < 4.78 is 0. The number of amides is 1. The molecule has 1 atom stereocenters. The Morgan fingerprint density at radius 1 is 1.39 bits per heavy atom. The van der Waals surface area contributed by atoms with Gasteiger partial charge in [0.2, 0.25) is 5.91 Å². The van der Waals surface area contributed by atoms with Crippen molar-refractivity contribution in [1.82, 2.24) is 4.90 Å². The molecular weight excluding hydrogens is 224 g/mol. The summed E-state index contributed by atoms with van der Waals surface area (Å²) in [5.74, 6) is 0.540. The molecule has 0 bridgehead atoms. The normalized spacial score (nSPS) is 12.2. The summed E-state index contributed by atoms with van der Waals surface area (Å²) in [7, 11) is 0. The monoisotopic (exact) mass is 248 g/mol. The fourth-order valence-corrected chi connectivity index (χ4v) is 1.94. The van der Waals surface area contributed by atoms with Crippen LogP contribution in [0.5, 0.6) is 0 Å². The van der Waals surface area contributed by atoms with Crippen molar-refractivity contribution in [2.24, 2.45) is 11.7 Å². The van der Waals surface area contributed by atoms with Crippen molar-refractivity contribution in [3.63, 3.8) is 0 Å². The van der Waals surface area contributed by atoms with Crippen LogP contribution in [0, 0.1) is 12.8 Å². The van der Waals surface area contributed by atoms with Gasteiger partial charge in [-0.15, -0.1) is 0 Å². The Balaban J connectivity index is 2.65. The number of likely N-dealkylation sites (N-methyl/N-ethyl adjacent to an activating group) is 1. The smallest absolute Gasteiger partial charge is 0.226 e. The van der Waals surface area contributed by atoms with Gasteiger partial charge in [-0.2, -0.15) is 0 Å². The molecule has 2 N–H and O–H groups in total. The van der Waals surface area contributed by atoms with Crippen LogP contribution >= 0.6 is 0 Å². The van der Waals surface area contributed by atoms with E-state index in [2.05, 4.69) is 6.92 Å². The molecule has 0 heterocycles. The number of carbonyl (C=O) groups excluding carboxylic acids is 1. The van der Waals surface area contributed by atoms with Crippen molar-refractivity contribution in [2.45, 2.75) is 27.2 Å². The largest absolute Gasteiger partial charge is 0.342 e. The van der Waals surface area contributed by atoms with Gasteiger partial charge in [-0.05, 0) is 37.4 Å². The number of carbonyl (C=O) groups is 1. The summed E-state index contributed by atoms with van der Waals surface area (Å²) in [6.45, 7) is 8.24. The molecule has 18 heavy (non-hydrogen) atoms. The Labute approximate surface area is 110 Å². The van der Waals surface area contributed by atoms with Crippen molar-refractivity contribution >= 4 is 5.91 Å². The van der Waals surface area contributed by atoms with Crippen LogP contribution in [0.2, 0.25) is 0 Å². The predicted octanol–water partition coefficient (Wildman–Crippen LogP) is 1.98. The number of rotatable bonds is 6. The molecule has 0 spiro atoms. The SMILES string of the molecule is CCN(CC(C)CN)C(=O)Cc1ccccc1C. The Kier molecular flexibility index (Phi) is 5.86. The highest BCUT2D eigenvalue weighted by atomic mass is 16.2. The van der Waals surface area contributed by atoms with Crippen LogP contribution in [0.3, 0.4) is 0 Å². The Hall–Kier alpha value is -1.35. The first-order chi connectivity index (χ1) is 8.58. The minimum Gasteiger partial charge on any atom is -0.342 e. The number of nitrogens with two attached hydrogens (primary N) is 1.